The summed E-state index contributed by atoms with van der Waals surface area (Å²) >= 11 is 0. The first kappa shape index (κ1) is 19.8. The van der Waals surface area contributed by atoms with Crippen molar-refractivity contribution in [3.05, 3.63) is 53.6 Å². The first-order chi connectivity index (χ1) is 14.4. The van der Waals surface area contributed by atoms with Crippen molar-refractivity contribution in [2.75, 3.05) is 19.9 Å². The maximum Gasteiger partial charge on any atom is 0.325 e. The molecule has 2 aromatic rings. The Balaban J connectivity index is 1.41. The van der Waals surface area contributed by atoms with E-state index in [0.29, 0.717) is 29.2 Å². The molecule has 0 aliphatic carbocycles. The van der Waals surface area contributed by atoms with E-state index in [1.165, 1.54) is 6.92 Å². The van der Waals surface area contributed by atoms with Gasteiger partial charge in [-0.15, -0.1) is 0 Å². The number of urea groups is 1. The molecule has 1 fully saturated rings. The Kier molecular flexibility index (Phi) is 5.07. The maximum absolute atomic E-state index is 13.0. The molecule has 0 bridgehead atoms. The summed E-state index contributed by atoms with van der Waals surface area (Å²) in [5.74, 6) is 1.28. The fraction of sp³-hybridized carbons (Fsp3) is 0.318. The lowest BCUT2D eigenvalue weighted by molar-refractivity contribution is -0.131. The summed E-state index contributed by atoms with van der Waals surface area (Å²) < 4.78 is 16.4. The zero-order valence-electron chi connectivity index (χ0n) is 16.8. The molecule has 3 amide bonds. The first-order valence-electron chi connectivity index (χ1n) is 9.63. The fourth-order valence-corrected chi connectivity index (χ4v) is 3.66. The quantitative estimate of drug-likeness (QED) is 0.557. The highest BCUT2D eigenvalue weighted by atomic mass is 16.7. The van der Waals surface area contributed by atoms with Crippen molar-refractivity contribution in [2.24, 2.45) is 0 Å². The van der Waals surface area contributed by atoms with Crippen molar-refractivity contribution in [3.8, 4) is 17.2 Å². The molecule has 2 aliphatic heterocycles. The van der Waals surface area contributed by atoms with Crippen LogP contribution in [0.5, 0.6) is 17.2 Å². The summed E-state index contributed by atoms with van der Waals surface area (Å²) in [6.07, 6.45) is 0.318. The molecule has 1 atom stereocenters. The van der Waals surface area contributed by atoms with Gasteiger partial charge in [-0.25, -0.2) is 4.79 Å². The number of carbonyl (C=O) groups excluding carboxylic acids is 3. The normalized spacial score (nSPS) is 19.7. The zero-order chi connectivity index (χ0) is 21.3. The zero-order valence-corrected chi connectivity index (χ0v) is 16.8. The van der Waals surface area contributed by atoms with Gasteiger partial charge in [-0.3, -0.25) is 14.5 Å². The molecule has 8 nitrogen and oxygen atoms in total. The molecule has 1 unspecified atom stereocenters. The molecule has 30 heavy (non-hydrogen) atoms. The predicted molar refractivity (Wildman–Crippen MR) is 107 cm³/mol. The van der Waals surface area contributed by atoms with Crippen molar-refractivity contribution in [1.82, 2.24) is 10.2 Å². The number of carbonyl (C=O) groups is 3. The molecule has 0 saturated carbocycles. The summed E-state index contributed by atoms with van der Waals surface area (Å²) in [6, 6.07) is 11.9. The third kappa shape index (κ3) is 3.68. The number of ether oxygens (including phenoxy) is 3. The van der Waals surface area contributed by atoms with Gasteiger partial charge in [0.25, 0.3) is 5.91 Å². The Labute approximate surface area is 173 Å². The number of fused-ring (bicyclic) bond motifs is 1. The van der Waals surface area contributed by atoms with Crippen LogP contribution in [0.15, 0.2) is 42.5 Å². The summed E-state index contributed by atoms with van der Waals surface area (Å²) in [6.45, 7) is 3.49. The highest BCUT2D eigenvalue weighted by Crippen LogP contribution is 2.34. The molecule has 2 aliphatic rings. The van der Waals surface area contributed by atoms with Gasteiger partial charge in [0.05, 0.1) is 12.1 Å². The average molecular weight is 410 g/mol. The minimum absolute atomic E-state index is 0.0770. The van der Waals surface area contributed by atoms with E-state index < -0.39 is 11.6 Å². The molecule has 0 radical (unpaired) electrons. The fourth-order valence-electron chi connectivity index (χ4n) is 3.66. The number of benzene rings is 2. The van der Waals surface area contributed by atoms with Crippen molar-refractivity contribution in [3.63, 3.8) is 0 Å². The number of nitrogens with one attached hydrogen (secondary N) is 1. The van der Waals surface area contributed by atoms with Gasteiger partial charge < -0.3 is 19.5 Å². The minimum atomic E-state index is -1.07. The number of ketones is 1. The van der Waals surface area contributed by atoms with Crippen LogP contribution >= 0.6 is 0 Å². The van der Waals surface area contributed by atoms with Crippen molar-refractivity contribution in [1.29, 1.82) is 0 Å². The molecule has 0 aromatic heterocycles. The Hall–Kier alpha value is -3.55. The van der Waals surface area contributed by atoms with E-state index in [1.807, 2.05) is 12.1 Å². The highest BCUT2D eigenvalue weighted by Gasteiger charge is 2.47. The molecule has 4 rings (SSSR count). The number of Topliss-reactive ketones (excluding diaryl/α,β-unsaturated/α-hetero) is 1. The number of rotatable bonds is 7. The Morgan fingerprint density at radius 2 is 1.93 bits per heavy atom. The molecule has 0 spiro atoms. The monoisotopic (exact) mass is 410 g/mol. The van der Waals surface area contributed by atoms with Crippen molar-refractivity contribution < 1.29 is 28.6 Å². The Morgan fingerprint density at radius 3 is 2.73 bits per heavy atom. The molecule has 1 saturated heterocycles. The van der Waals surface area contributed by atoms with Gasteiger partial charge >= 0.3 is 6.03 Å². The topological polar surface area (TPSA) is 94.2 Å². The van der Waals surface area contributed by atoms with Crippen LogP contribution in [-0.4, -0.2) is 48.1 Å². The summed E-state index contributed by atoms with van der Waals surface area (Å²) in [5, 5.41) is 2.78. The van der Waals surface area contributed by atoms with Crippen molar-refractivity contribution >= 4 is 17.7 Å². The minimum Gasteiger partial charge on any atom is -0.491 e. The van der Waals surface area contributed by atoms with E-state index in [4.69, 9.17) is 14.2 Å². The van der Waals surface area contributed by atoms with E-state index in [9.17, 15) is 14.4 Å². The summed E-state index contributed by atoms with van der Waals surface area (Å²) in [5.41, 5.74) is 0.244. The van der Waals surface area contributed by atoms with Crippen LogP contribution in [0.2, 0.25) is 0 Å². The van der Waals surface area contributed by atoms with Crippen LogP contribution < -0.4 is 19.5 Å². The molecule has 2 heterocycles. The van der Waals surface area contributed by atoms with E-state index in [2.05, 4.69) is 5.32 Å². The third-order valence-corrected chi connectivity index (χ3v) is 5.18. The third-order valence-electron chi connectivity index (χ3n) is 5.18. The number of imide groups is 1. The van der Waals surface area contributed by atoms with Gasteiger partial charge in [-0.1, -0.05) is 18.2 Å². The van der Waals surface area contributed by atoms with Gasteiger partial charge in [0.15, 0.2) is 17.3 Å². The van der Waals surface area contributed by atoms with Gasteiger partial charge in [0.1, 0.15) is 17.9 Å². The van der Waals surface area contributed by atoms with E-state index in [0.717, 1.165) is 10.5 Å². The lowest BCUT2D eigenvalue weighted by atomic mass is 9.92. The van der Waals surface area contributed by atoms with Crippen LogP contribution in [0.1, 0.15) is 29.8 Å². The van der Waals surface area contributed by atoms with Gasteiger partial charge in [-0.2, -0.15) is 0 Å². The smallest absolute Gasteiger partial charge is 0.325 e. The number of hydrogen-bond donors (Lipinski definition) is 1. The SMILES string of the molecule is CC(=O)c1ccccc1OCCN1C(=O)NC(C)(Cc2ccc3c(c2)OCO3)C1=O. The predicted octanol–water partition coefficient (Wildman–Crippen LogP) is 2.55. The number of hydrogen-bond acceptors (Lipinski definition) is 6. The van der Waals surface area contributed by atoms with Crippen LogP contribution in [0, 0.1) is 0 Å². The second kappa shape index (κ2) is 7.70. The van der Waals surface area contributed by atoms with Crippen LogP contribution in [0.25, 0.3) is 0 Å². The largest absolute Gasteiger partial charge is 0.491 e. The maximum atomic E-state index is 13.0. The van der Waals surface area contributed by atoms with Gasteiger partial charge in [0.2, 0.25) is 6.79 Å². The van der Waals surface area contributed by atoms with Crippen LogP contribution in [0.4, 0.5) is 4.79 Å². The van der Waals surface area contributed by atoms with Crippen molar-refractivity contribution in [2.45, 2.75) is 25.8 Å². The summed E-state index contributed by atoms with van der Waals surface area (Å²) in [7, 11) is 0. The number of nitrogens with zero attached hydrogens (tertiary/aromatic N) is 1. The average Bonchev–Trinajstić information content (AvgIpc) is 3.25. The lowest BCUT2D eigenvalue weighted by Crippen LogP contribution is -2.46. The van der Waals surface area contributed by atoms with E-state index in [1.54, 1.807) is 37.3 Å². The molecular weight excluding hydrogens is 388 g/mol. The molecule has 156 valence electrons. The second-order valence-corrected chi connectivity index (χ2v) is 7.48. The second-order valence-electron chi connectivity index (χ2n) is 7.48. The highest BCUT2D eigenvalue weighted by molar-refractivity contribution is 6.07. The van der Waals surface area contributed by atoms with Gasteiger partial charge in [-0.05, 0) is 43.7 Å². The first-order valence-corrected chi connectivity index (χ1v) is 9.63. The van der Waals surface area contributed by atoms with E-state index in [-0.39, 0.29) is 31.6 Å². The number of amides is 3. The van der Waals surface area contributed by atoms with Crippen LogP contribution in [-0.2, 0) is 11.2 Å². The van der Waals surface area contributed by atoms with E-state index >= 15 is 0 Å². The number of para-hydroxylation sites is 1. The standard InChI is InChI=1S/C22H22N2O6/c1-14(25)16-5-3-4-6-17(16)28-10-9-24-20(26)22(2,23-21(24)27)12-15-7-8-18-19(11-15)30-13-29-18/h3-8,11H,9-10,12-13H2,1-2H3,(H,23,27). The summed E-state index contributed by atoms with van der Waals surface area (Å²) in [4.78, 5) is 38.2. The molecular formula is C22H22N2O6. The Morgan fingerprint density at radius 1 is 1.17 bits per heavy atom. The lowest BCUT2D eigenvalue weighted by Gasteiger charge is -2.22. The molecule has 8 heteroatoms. The molecule has 2 aromatic carbocycles. The molecule has 1 N–H and O–H groups in total. The Bertz CT molecular complexity index is 1020. The van der Waals surface area contributed by atoms with Gasteiger partial charge in [0, 0.05) is 6.42 Å². The van der Waals surface area contributed by atoms with Crippen LogP contribution in [0.3, 0.4) is 0 Å².